The fourth-order valence-electron chi connectivity index (χ4n) is 3.02. The van der Waals surface area contributed by atoms with Crippen molar-refractivity contribution in [1.82, 2.24) is 0 Å². The molecule has 2 atom stereocenters. The predicted molar refractivity (Wildman–Crippen MR) is 72.6 cm³/mol. The Morgan fingerprint density at radius 3 is 2.63 bits per heavy atom. The van der Waals surface area contributed by atoms with Gasteiger partial charge < -0.3 is 5.11 Å². The average molecular weight is 260 g/mol. The number of aliphatic hydroxyl groups is 1. The molecule has 1 aliphatic rings. The van der Waals surface area contributed by atoms with Gasteiger partial charge in [-0.15, -0.1) is 0 Å². The zero-order valence-electron chi connectivity index (χ0n) is 11.3. The van der Waals surface area contributed by atoms with Gasteiger partial charge in [0.05, 0.1) is 5.60 Å². The summed E-state index contributed by atoms with van der Waals surface area (Å²) in [5, 5.41) is 11.0. The molecular weight excluding hydrogens is 240 g/mol. The molecule has 1 fully saturated rings. The van der Waals surface area contributed by atoms with Gasteiger partial charge in [-0.25, -0.2) is 0 Å². The highest BCUT2D eigenvalue weighted by Gasteiger charge is 2.41. The van der Waals surface area contributed by atoms with Gasteiger partial charge in [0.15, 0.2) is 0 Å². The third kappa shape index (κ3) is 3.10. The first-order valence-corrected chi connectivity index (χ1v) is 6.81. The van der Waals surface area contributed by atoms with Crippen LogP contribution in [0.5, 0.6) is 0 Å². The zero-order valence-corrected chi connectivity index (χ0v) is 11.3. The normalized spacial score (nSPS) is 22.8. The van der Waals surface area contributed by atoms with E-state index in [1.165, 1.54) is 6.92 Å². The second-order valence-electron chi connectivity index (χ2n) is 5.50. The molecule has 0 heterocycles. The number of benzene rings is 1. The van der Waals surface area contributed by atoms with Crippen LogP contribution in [0.4, 0.5) is 0 Å². The number of hydrogen-bond acceptors (Lipinski definition) is 3. The largest absolute Gasteiger partial charge is 0.384 e. The highest BCUT2D eigenvalue weighted by atomic mass is 16.3. The minimum absolute atomic E-state index is 0.0515. The van der Waals surface area contributed by atoms with E-state index < -0.39 is 5.60 Å². The van der Waals surface area contributed by atoms with Gasteiger partial charge >= 0.3 is 0 Å². The third-order valence-corrected chi connectivity index (χ3v) is 3.95. The Morgan fingerprint density at radius 2 is 2.05 bits per heavy atom. The first-order valence-electron chi connectivity index (χ1n) is 6.81. The van der Waals surface area contributed by atoms with E-state index in [0.29, 0.717) is 12.8 Å². The van der Waals surface area contributed by atoms with E-state index in [1.54, 1.807) is 0 Å². The quantitative estimate of drug-likeness (QED) is 0.905. The van der Waals surface area contributed by atoms with Gasteiger partial charge in [0.2, 0.25) is 0 Å². The average Bonchev–Trinajstić information content (AvgIpc) is 2.39. The molecule has 1 saturated carbocycles. The van der Waals surface area contributed by atoms with E-state index in [9.17, 15) is 14.7 Å². The number of carbonyl (C=O) groups is 2. The van der Waals surface area contributed by atoms with Gasteiger partial charge in [-0.3, -0.25) is 9.59 Å². The summed E-state index contributed by atoms with van der Waals surface area (Å²) >= 11 is 0. The van der Waals surface area contributed by atoms with E-state index in [2.05, 4.69) is 0 Å². The van der Waals surface area contributed by atoms with Gasteiger partial charge in [0.1, 0.15) is 11.6 Å². The van der Waals surface area contributed by atoms with Crippen molar-refractivity contribution in [3.8, 4) is 0 Å². The van der Waals surface area contributed by atoms with Crippen LogP contribution >= 0.6 is 0 Å². The van der Waals surface area contributed by atoms with Crippen molar-refractivity contribution >= 4 is 11.6 Å². The fraction of sp³-hybridized carbons (Fsp3) is 0.500. The summed E-state index contributed by atoms with van der Waals surface area (Å²) in [7, 11) is 0. The molecule has 102 valence electrons. The minimum atomic E-state index is -1.21. The second-order valence-corrected chi connectivity index (χ2v) is 5.50. The molecule has 0 aliphatic heterocycles. The van der Waals surface area contributed by atoms with Crippen molar-refractivity contribution in [2.45, 2.75) is 44.6 Å². The molecular formula is C16H20O3. The van der Waals surface area contributed by atoms with Crippen molar-refractivity contribution in [3.63, 3.8) is 0 Å². The zero-order chi connectivity index (χ0) is 13.9. The van der Waals surface area contributed by atoms with Gasteiger partial charge in [-0.1, -0.05) is 30.3 Å². The summed E-state index contributed by atoms with van der Waals surface area (Å²) in [6, 6.07) is 9.25. The number of hydrogen-bond donors (Lipinski definition) is 1. The fourth-order valence-corrected chi connectivity index (χ4v) is 3.02. The molecule has 0 aromatic heterocycles. The maximum atomic E-state index is 11.6. The van der Waals surface area contributed by atoms with Crippen LogP contribution < -0.4 is 0 Å². The summed E-state index contributed by atoms with van der Waals surface area (Å²) in [6.07, 6.45) is 2.65. The Bertz CT molecular complexity index is 466. The van der Waals surface area contributed by atoms with Gasteiger partial charge in [0, 0.05) is 19.3 Å². The Labute approximate surface area is 113 Å². The van der Waals surface area contributed by atoms with Crippen LogP contribution in [-0.4, -0.2) is 16.7 Å². The molecule has 0 spiro atoms. The molecule has 2 rings (SSSR count). The van der Waals surface area contributed by atoms with Crippen molar-refractivity contribution in [2.24, 2.45) is 5.92 Å². The molecule has 2 unspecified atom stereocenters. The molecule has 0 amide bonds. The lowest BCUT2D eigenvalue weighted by molar-refractivity contribution is -0.133. The maximum Gasteiger partial charge on any atom is 0.133 e. The molecule has 1 aliphatic carbocycles. The Balaban J connectivity index is 2.34. The molecule has 3 nitrogen and oxygen atoms in total. The summed E-state index contributed by atoms with van der Waals surface area (Å²) in [5.41, 5.74) is -0.465. The van der Waals surface area contributed by atoms with E-state index >= 15 is 0 Å². The highest BCUT2D eigenvalue weighted by molar-refractivity contribution is 5.80. The van der Waals surface area contributed by atoms with Crippen LogP contribution in [0.3, 0.4) is 0 Å². The lowest BCUT2D eigenvalue weighted by Crippen LogP contribution is -2.39. The summed E-state index contributed by atoms with van der Waals surface area (Å²) in [6.45, 7) is 1.48. The molecule has 0 saturated heterocycles. The lowest BCUT2D eigenvalue weighted by Gasteiger charge is -2.38. The van der Waals surface area contributed by atoms with E-state index in [-0.39, 0.29) is 23.9 Å². The van der Waals surface area contributed by atoms with Crippen molar-refractivity contribution < 1.29 is 14.7 Å². The number of rotatable bonds is 4. The van der Waals surface area contributed by atoms with E-state index in [0.717, 1.165) is 18.4 Å². The van der Waals surface area contributed by atoms with Gasteiger partial charge in [-0.2, -0.15) is 0 Å². The summed E-state index contributed by atoms with van der Waals surface area (Å²) in [5.74, 6) is -0.0152. The van der Waals surface area contributed by atoms with Crippen LogP contribution in [0.2, 0.25) is 0 Å². The van der Waals surface area contributed by atoms with Crippen LogP contribution in [-0.2, 0) is 15.2 Å². The predicted octanol–water partition coefficient (Wildman–Crippen LogP) is 2.61. The van der Waals surface area contributed by atoms with Gasteiger partial charge in [0.25, 0.3) is 0 Å². The molecule has 0 radical (unpaired) electrons. The van der Waals surface area contributed by atoms with Crippen LogP contribution in [0.15, 0.2) is 30.3 Å². The number of carbonyl (C=O) groups excluding carboxylic acids is 2. The van der Waals surface area contributed by atoms with Crippen molar-refractivity contribution in [2.75, 3.05) is 0 Å². The second kappa shape index (κ2) is 5.66. The Kier molecular flexibility index (Phi) is 4.15. The SMILES string of the molecule is CC(=O)CC(O)(c1ccccc1)C1CCCC(=O)C1. The molecule has 0 bridgehead atoms. The third-order valence-electron chi connectivity index (χ3n) is 3.95. The molecule has 1 aromatic rings. The maximum absolute atomic E-state index is 11.6. The smallest absolute Gasteiger partial charge is 0.133 e. The first-order chi connectivity index (χ1) is 9.02. The van der Waals surface area contributed by atoms with Crippen LogP contribution in [0.25, 0.3) is 0 Å². The molecule has 3 heteroatoms. The van der Waals surface area contributed by atoms with E-state index in [4.69, 9.17) is 0 Å². The lowest BCUT2D eigenvalue weighted by atomic mass is 9.71. The first kappa shape index (κ1) is 13.9. The number of ketones is 2. The Morgan fingerprint density at radius 1 is 1.37 bits per heavy atom. The van der Waals surface area contributed by atoms with Crippen molar-refractivity contribution in [1.29, 1.82) is 0 Å². The Hall–Kier alpha value is -1.48. The monoisotopic (exact) mass is 260 g/mol. The van der Waals surface area contributed by atoms with Crippen LogP contribution in [0.1, 0.15) is 44.6 Å². The molecule has 1 N–H and O–H groups in total. The standard InChI is InChI=1S/C16H20O3/c1-12(17)11-16(19,13-6-3-2-4-7-13)14-8-5-9-15(18)10-14/h2-4,6-7,14,19H,5,8-11H2,1H3. The summed E-state index contributed by atoms with van der Waals surface area (Å²) in [4.78, 5) is 23.2. The number of Topliss-reactive ketones (excluding diaryl/α,β-unsaturated/α-hetero) is 2. The topological polar surface area (TPSA) is 54.4 Å². The van der Waals surface area contributed by atoms with Crippen molar-refractivity contribution in [3.05, 3.63) is 35.9 Å². The summed E-state index contributed by atoms with van der Waals surface area (Å²) < 4.78 is 0. The molecule has 19 heavy (non-hydrogen) atoms. The minimum Gasteiger partial charge on any atom is -0.384 e. The highest BCUT2D eigenvalue weighted by Crippen LogP contribution is 2.40. The van der Waals surface area contributed by atoms with Gasteiger partial charge in [-0.05, 0) is 31.2 Å². The van der Waals surface area contributed by atoms with Crippen LogP contribution in [0, 0.1) is 5.92 Å². The molecule has 1 aromatic carbocycles. The van der Waals surface area contributed by atoms with E-state index in [1.807, 2.05) is 30.3 Å².